The van der Waals surface area contributed by atoms with Crippen LogP contribution in [0.3, 0.4) is 0 Å². The van der Waals surface area contributed by atoms with Gasteiger partial charge in [0, 0.05) is 49.5 Å². The minimum Gasteiger partial charge on any atom is -0.355 e. The van der Waals surface area contributed by atoms with Crippen LogP contribution in [-0.2, 0) is 19.4 Å². The highest BCUT2D eigenvalue weighted by atomic mass is 16.5. The summed E-state index contributed by atoms with van der Waals surface area (Å²) in [6.07, 6.45) is 5.81. The van der Waals surface area contributed by atoms with Gasteiger partial charge in [-0.2, -0.15) is 0 Å². The van der Waals surface area contributed by atoms with E-state index in [4.69, 9.17) is 4.52 Å². The van der Waals surface area contributed by atoms with Crippen molar-refractivity contribution in [2.45, 2.75) is 38.8 Å². The van der Waals surface area contributed by atoms with Crippen LogP contribution in [0.4, 0.5) is 0 Å². The molecule has 1 atom stereocenters. The summed E-state index contributed by atoms with van der Waals surface area (Å²) in [7, 11) is 0. The first-order valence-corrected chi connectivity index (χ1v) is 8.33. The molecule has 128 valence electrons. The molecule has 4 rings (SSSR count). The Morgan fingerprint density at radius 3 is 3.16 bits per heavy atom. The van der Waals surface area contributed by atoms with Crippen molar-refractivity contribution in [3.05, 3.63) is 47.9 Å². The van der Waals surface area contributed by atoms with Crippen molar-refractivity contribution in [2.24, 2.45) is 0 Å². The van der Waals surface area contributed by atoms with E-state index in [1.54, 1.807) is 18.5 Å². The standard InChI is InChI=1S/C17H18N6O2/c1-2-15-20-21-16-6-5-12(10-23(15)16)19-17(24)13-8-14(25-22-13)11-4-3-7-18-9-11/h3-4,7-9,12H,2,5-6,10H2,1H3,(H,19,24)/t12-/m0/s1. The Labute approximate surface area is 144 Å². The van der Waals surface area contributed by atoms with E-state index in [2.05, 4.69) is 37.1 Å². The number of aryl methyl sites for hydroxylation is 2. The van der Waals surface area contributed by atoms with Crippen LogP contribution in [0.1, 0.15) is 35.5 Å². The summed E-state index contributed by atoms with van der Waals surface area (Å²) in [5, 5.41) is 15.3. The van der Waals surface area contributed by atoms with Crippen LogP contribution in [0.25, 0.3) is 11.3 Å². The predicted molar refractivity (Wildman–Crippen MR) is 88.7 cm³/mol. The normalized spacial score (nSPS) is 16.4. The zero-order chi connectivity index (χ0) is 17.2. The third-order valence-electron chi connectivity index (χ3n) is 4.36. The molecule has 8 heteroatoms. The van der Waals surface area contributed by atoms with Crippen molar-refractivity contribution in [1.29, 1.82) is 0 Å². The molecule has 0 saturated carbocycles. The van der Waals surface area contributed by atoms with E-state index in [1.807, 2.05) is 12.1 Å². The smallest absolute Gasteiger partial charge is 0.273 e. The van der Waals surface area contributed by atoms with Crippen LogP contribution in [0, 0.1) is 0 Å². The zero-order valence-electron chi connectivity index (χ0n) is 13.8. The molecule has 8 nitrogen and oxygen atoms in total. The number of amides is 1. The van der Waals surface area contributed by atoms with Crippen molar-refractivity contribution in [1.82, 2.24) is 30.2 Å². The van der Waals surface area contributed by atoms with E-state index in [0.29, 0.717) is 12.3 Å². The molecule has 0 unspecified atom stereocenters. The Kier molecular flexibility index (Phi) is 4.01. The lowest BCUT2D eigenvalue weighted by Crippen LogP contribution is -2.41. The van der Waals surface area contributed by atoms with E-state index in [9.17, 15) is 4.79 Å². The first kappa shape index (κ1) is 15.5. The van der Waals surface area contributed by atoms with Gasteiger partial charge in [-0.1, -0.05) is 12.1 Å². The average Bonchev–Trinajstić information content (AvgIpc) is 3.29. The van der Waals surface area contributed by atoms with E-state index >= 15 is 0 Å². The quantitative estimate of drug-likeness (QED) is 0.776. The van der Waals surface area contributed by atoms with Gasteiger partial charge in [0.2, 0.25) is 0 Å². The number of carbonyl (C=O) groups is 1. The molecular formula is C17H18N6O2. The molecule has 3 aromatic heterocycles. The number of nitrogens with one attached hydrogen (secondary N) is 1. The van der Waals surface area contributed by atoms with Gasteiger partial charge in [-0.25, -0.2) is 0 Å². The molecule has 25 heavy (non-hydrogen) atoms. The molecule has 3 aromatic rings. The first-order valence-electron chi connectivity index (χ1n) is 8.33. The summed E-state index contributed by atoms with van der Waals surface area (Å²) in [5.41, 5.74) is 1.05. The second kappa shape index (κ2) is 6.46. The fraction of sp³-hybridized carbons (Fsp3) is 0.353. The molecule has 1 aliphatic rings. The Hall–Kier alpha value is -3.03. The largest absolute Gasteiger partial charge is 0.355 e. The number of pyridine rings is 1. The van der Waals surface area contributed by atoms with Crippen LogP contribution in [0.15, 0.2) is 35.1 Å². The molecule has 1 amide bonds. The number of hydrogen-bond acceptors (Lipinski definition) is 6. The van der Waals surface area contributed by atoms with Gasteiger partial charge in [0.25, 0.3) is 5.91 Å². The molecule has 0 saturated heterocycles. The summed E-state index contributed by atoms with van der Waals surface area (Å²) in [6.45, 7) is 2.74. The van der Waals surface area contributed by atoms with E-state index in [0.717, 1.165) is 36.5 Å². The predicted octanol–water partition coefficient (Wildman–Crippen LogP) is 1.64. The molecule has 1 N–H and O–H groups in total. The first-order chi connectivity index (χ1) is 12.2. The second-order valence-electron chi connectivity index (χ2n) is 6.02. The molecular weight excluding hydrogens is 320 g/mol. The molecule has 1 aliphatic heterocycles. The lowest BCUT2D eigenvalue weighted by Gasteiger charge is -2.24. The number of hydrogen-bond donors (Lipinski definition) is 1. The van der Waals surface area contributed by atoms with Gasteiger partial charge < -0.3 is 14.4 Å². The van der Waals surface area contributed by atoms with Gasteiger partial charge in [0.1, 0.15) is 11.6 Å². The highest BCUT2D eigenvalue weighted by Gasteiger charge is 2.25. The lowest BCUT2D eigenvalue weighted by molar-refractivity contribution is 0.0918. The van der Waals surface area contributed by atoms with Crippen molar-refractivity contribution in [3.63, 3.8) is 0 Å². The molecule has 0 aromatic carbocycles. The highest BCUT2D eigenvalue weighted by molar-refractivity contribution is 5.93. The maximum absolute atomic E-state index is 12.5. The van der Waals surface area contributed by atoms with Gasteiger partial charge in [-0.05, 0) is 18.6 Å². The number of nitrogens with zero attached hydrogens (tertiary/aromatic N) is 5. The number of carbonyl (C=O) groups excluding carboxylic acids is 1. The Morgan fingerprint density at radius 1 is 1.44 bits per heavy atom. The third kappa shape index (κ3) is 3.02. The van der Waals surface area contributed by atoms with Crippen LogP contribution >= 0.6 is 0 Å². The van der Waals surface area contributed by atoms with Gasteiger partial charge in [0.05, 0.1) is 0 Å². The van der Waals surface area contributed by atoms with Gasteiger partial charge in [-0.3, -0.25) is 9.78 Å². The van der Waals surface area contributed by atoms with Gasteiger partial charge in [-0.15, -0.1) is 10.2 Å². The van der Waals surface area contributed by atoms with Crippen LogP contribution in [0.5, 0.6) is 0 Å². The maximum atomic E-state index is 12.5. The van der Waals surface area contributed by atoms with Gasteiger partial charge in [0.15, 0.2) is 11.5 Å². The Bertz CT molecular complexity index is 872. The number of aromatic nitrogens is 5. The summed E-state index contributed by atoms with van der Waals surface area (Å²) < 4.78 is 7.36. The SMILES string of the molecule is CCc1nnc2n1C[C@@H](NC(=O)c1cc(-c3cccnc3)on1)CC2. The summed E-state index contributed by atoms with van der Waals surface area (Å²) in [4.78, 5) is 16.5. The van der Waals surface area contributed by atoms with Crippen molar-refractivity contribution < 1.29 is 9.32 Å². The zero-order valence-corrected chi connectivity index (χ0v) is 13.8. The average molecular weight is 338 g/mol. The van der Waals surface area contributed by atoms with Gasteiger partial charge >= 0.3 is 0 Å². The monoisotopic (exact) mass is 338 g/mol. The summed E-state index contributed by atoms with van der Waals surface area (Å²) >= 11 is 0. The van der Waals surface area contributed by atoms with E-state index < -0.39 is 0 Å². The molecule has 0 bridgehead atoms. The molecule has 0 aliphatic carbocycles. The summed E-state index contributed by atoms with van der Waals surface area (Å²) in [6, 6.07) is 5.33. The molecule has 0 fully saturated rings. The lowest BCUT2D eigenvalue weighted by atomic mass is 10.1. The maximum Gasteiger partial charge on any atom is 0.273 e. The topological polar surface area (TPSA) is 98.7 Å². The van der Waals surface area contributed by atoms with Crippen LogP contribution in [-0.4, -0.2) is 36.9 Å². The molecule has 0 spiro atoms. The van der Waals surface area contributed by atoms with E-state index in [1.165, 1.54) is 0 Å². The molecule has 4 heterocycles. The van der Waals surface area contributed by atoms with Crippen molar-refractivity contribution >= 4 is 5.91 Å². The van der Waals surface area contributed by atoms with Crippen molar-refractivity contribution in [3.8, 4) is 11.3 Å². The molecule has 0 radical (unpaired) electrons. The number of fused-ring (bicyclic) bond motifs is 1. The fourth-order valence-electron chi connectivity index (χ4n) is 3.05. The third-order valence-corrected chi connectivity index (χ3v) is 4.36. The second-order valence-corrected chi connectivity index (χ2v) is 6.02. The minimum absolute atomic E-state index is 0.0276. The Morgan fingerprint density at radius 2 is 2.36 bits per heavy atom. The van der Waals surface area contributed by atoms with Crippen molar-refractivity contribution in [2.75, 3.05) is 0 Å². The van der Waals surface area contributed by atoms with E-state index in [-0.39, 0.29) is 17.6 Å². The van der Waals surface area contributed by atoms with Crippen LogP contribution < -0.4 is 5.32 Å². The van der Waals surface area contributed by atoms with Crippen LogP contribution in [0.2, 0.25) is 0 Å². The summed E-state index contributed by atoms with van der Waals surface area (Å²) in [5.74, 6) is 2.23. The highest BCUT2D eigenvalue weighted by Crippen LogP contribution is 2.20. The fourth-order valence-corrected chi connectivity index (χ4v) is 3.05. The minimum atomic E-state index is -0.238. The number of rotatable bonds is 4. The Balaban J connectivity index is 1.45.